The van der Waals surface area contributed by atoms with Crippen LogP contribution in [0.3, 0.4) is 0 Å². The molecule has 0 spiro atoms. The average Bonchev–Trinajstić information content (AvgIpc) is 2.21. The zero-order valence-electron chi connectivity index (χ0n) is 9.69. The molecule has 0 radical (unpaired) electrons. The van der Waals surface area contributed by atoms with Gasteiger partial charge in [-0.15, -0.1) is 0 Å². The summed E-state index contributed by atoms with van der Waals surface area (Å²) >= 11 is 0. The van der Waals surface area contributed by atoms with Gasteiger partial charge < -0.3 is 24.6 Å². The third-order valence-electron chi connectivity index (χ3n) is 1.92. The first-order chi connectivity index (χ1) is 7.20. The molecule has 92 valence electrons. The van der Waals surface area contributed by atoms with Gasteiger partial charge in [-0.25, -0.2) is 0 Å². The maximum absolute atomic E-state index is 8.57. The first-order valence-corrected chi connectivity index (χ1v) is 5.30. The predicted molar refractivity (Wildman–Crippen MR) is 57.9 cm³/mol. The summed E-state index contributed by atoms with van der Waals surface area (Å²) in [5.41, 5.74) is 0. The van der Waals surface area contributed by atoms with Gasteiger partial charge in [-0.05, 0) is 14.0 Å². The van der Waals surface area contributed by atoms with Gasteiger partial charge in [0.25, 0.3) is 0 Å². The van der Waals surface area contributed by atoms with E-state index in [1.54, 1.807) is 0 Å². The fraction of sp³-hybridized carbons (Fsp3) is 1.00. The number of likely N-dealkylation sites (N-methyl/N-ethyl adjacent to an activating group) is 1. The molecule has 5 nitrogen and oxygen atoms in total. The Balaban J connectivity index is 3.33. The summed E-state index contributed by atoms with van der Waals surface area (Å²) in [5, 5.41) is 17.1. The van der Waals surface area contributed by atoms with Crippen molar-refractivity contribution in [2.45, 2.75) is 13.0 Å². The van der Waals surface area contributed by atoms with Gasteiger partial charge in [0.05, 0.1) is 39.1 Å². The summed E-state index contributed by atoms with van der Waals surface area (Å²) < 4.78 is 10.5. The quantitative estimate of drug-likeness (QED) is 0.479. The summed E-state index contributed by atoms with van der Waals surface area (Å²) in [6.07, 6.45) is 0.111. The molecule has 0 aliphatic heterocycles. The van der Waals surface area contributed by atoms with E-state index in [-0.39, 0.29) is 19.3 Å². The highest BCUT2D eigenvalue weighted by Gasteiger charge is 2.05. The van der Waals surface area contributed by atoms with Gasteiger partial charge in [-0.3, -0.25) is 0 Å². The van der Waals surface area contributed by atoms with Crippen LogP contribution in [0.1, 0.15) is 6.92 Å². The highest BCUT2D eigenvalue weighted by molar-refractivity contribution is 4.57. The molecule has 0 aromatic rings. The summed E-state index contributed by atoms with van der Waals surface area (Å²) in [6, 6.07) is 0. The molecule has 5 heteroatoms. The molecule has 0 rings (SSSR count). The SMILES string of the molecule is CC(CN(C)CCOCCO)OCCO. The molecular weight excluding hydrogens is 198 g/mol. The molecular formula is C10H23NO4. The van der Waals surface area contributed by atoms with E-state index in [4.69, 9.17) is 19.7 Å². The number of hydrogen-bond donors (Lipinski definition) is 2. The molecule has 1 atom stereocenters. The second-order valence-electron chi connectivity index (χ2n) is 3.50. The van der Waals surface area contributed by atoms with Crippen LogP contribution in [0, 0.1) is 0 Å². The van der Waals surface area contributed by atoms with Crippen molar-refractivity contribution in [1.82, 2.24) is 4.90 Å². The van der Waals surface area contributed by atoms with E-state index in [2.05, 4.69) is 4.90 Å². The molecule has 0 fully saturated rings. The van der Waals surface area contributed by atoms with Gasteiger partial charge in [0.1, 0.15) is 0 Å². The van der Waals surface area contributed by atoms with Gasteiger partial charge in [-0.1, -0.05) is 0 Å². The van der Waals surface area contributed by atoms with E-state index in [9.17, 15) is 0 Å². The van der Waals surface area contributed by atoms with Gasteiger partial charge >= 0.3 is 0 Å². The van der Waals surface area contributed by atoms with Gasteiger partial charge in [0.15, 0.2) is 0 Å². The number of aliphatic hydroxyl groups is 2. The van der Waals surface area contributed by atoms with Crippen LogP contribution in [-0.4, -0.2) is 74.4 Å². The average molecular weight is 221 g/mol. The number of aliphatic hydroxyl groups excluding tert-OH is 2. The topological polar surface area (TPSA) is 62.2 Å². The van der Waals surface area contributed by atoms with E-state index in [1.165, 1.54) is 0 Å². The molecule has 0 saturated carbocycles. The van der Waals surface area contributed by atoms with Gasteiger partial charge in [0, 0.05) is 13.1 Å². The van der Waals surface area contributed by atoms with Gasteiger partial charge in [0.2, 0.25) is 0 Å². The number of rotatable bonds is 10. The predicted octanol–water partition coefficient (Wildman–Crippen LogP) is -0.675. The summed E-state index contributed by atoms with van der Waals surface area (Å²) in [5.74, 6) is 0. The Kier molecular flexibility index (Phi) is 10.2. The lowest BCUT2D eigenvalue weighted by Crippen LogP contribution is -2.32. The normalized spacial score (nSPS) is 13.4. The number of nitrogens with zero attached hydrogens (tertiary/aromatic N) is 1. The van der Waals surface area contributed by atoms with Crippen LogP contribution in [0.25, 0.3) is 0 Å². The first-order valence-electron chi connectivity index (χ1n) is 5.30. The first kappa shape index (κ1) is 14.8. The lowest BCUT2D eigenvalue weighted by molar-refractivity contribution is 0.0151. The summed E-state index contributed by atoms with van der Waals surface area (Å²) in [6.45, 7) is 5.12. The molecule has 0 aliphatic carbocycles. The summed E-state index contributed by atoms with van der Waals surface area (Å²) in [7, 11) is 1.99. The van der Waals surface area contributed by atoms with E-state index >= 15 is 0 Å². The van der Waals surface area contributed by atoms with Crippen LogP contribution >= 0.6 is 0 Å². The third-order valence-corrected chi connectivity index (χ3v) is 1.92. The van der Waals surface area contributed by atoms with E-state index in [0.29, 0.717) is 19.8 Å². The van der Waals surface area contributed by atoms with Crippen LogP contribution in [0.5, 0.6) is 0 Å². The van der Waals surface area contributed by atoms with Crippen LogP contribution < -0.4 is 0 Å². The highest BCUT2D eigenvalue weighted by Crippen LogP contribution is 1.94. The van der Waals surface area contributed by atoms with Crippen molar-refractivity contribution in [1.29, 1.82) is 0 Å². The lowest BCUT2D eigenvalue weighted by Gasteiger charge is -2.21. The van der Waals surface area contributed by atoms with Crippen LogP contribution in [-0.2, 0) is 9.47 Å². The van der Waals surface area contributed by atoms with E-state index < -0.39 is 0 Å². The van der Waals surface area contributed by atoms with Crippen molar-refractivity contribution in [3.05, 3.63) is 0 Å². The Morgan fingerprint density at radius 3 is 2.40 bits per heavy atom. The van der Waals surface area contributed by atoms with Crippen molar-refractivity contribution in [3.8, 4) is 0 Å². The lowest BCUT2D eigenvalue weighted by atomic mass is 10.3. The molecule has 0 amide bonds. The van der Waals surface area contributed by atoms with Gasteiger partial charge in [-0.2, -0.15) is 0 Å². The second-order valence-corrected chi connectivity index (χ2v) is 3.50. The fourth-order valence-corrected chi connectivity index (χ4v) is 1.22. The Bertz CT molecular complexity index is 135. The Morgan fingerprint density at radius 2 is 1.80 bits per heavy atom. The minimum absolute atomic E-state index is 0.0632. The minimum Gasteiger partial charge on any atom is -0.394 e. The molecule has 2 N–H and O–H groups in total. The van der Waals surface area contributed by atoms with Crippen LogP contribution in [0.2, 0.25) is 0 Å². The molecule has 0 heterocycles. The molecule has 1 unspecified atom stereocenters. The number of ether oxygens (including phenoxy) is 2. The van der Waals surface area contributed by atoms with Crippen molar-refractivity contribution in [2.75, 3.05) is 53.2 Å². The molecule has 0 saturated heterocycles. The Hall–Kier alpha value is -0.200. The third kappa shape index (κ3) is 10.1. The Labute approximate surface area is 91.6 Å². The van der Waals surface area contributed by atoms with Crippen molar-refractivity contribution in [3.63, 3.8) is 0 Å². The summed E-state index contributed by atoms with van der Waals surface area (Å²) in [4.78, 5) is 2.10. The fourth-order valence-electron chi connectivity index (χ4n) is 1.22. The molecule has 15 heavy (non-hydrogen) atoms. The minimum atomic E-state index is 0.0632. The zero-order chi connectivity index (χ0) is 11.5. The smallest absolute Gasteiger partial charge is 0.0701 e. The van der Waals surface area contributed by atoms with E-state index in [1.807, 2.05) is 14.0 Å². The largest absolute Gasteiger partial charge is 0.394 e. The zero-order valence-corrected chi connectivity index (χ0v) is 9.69. The standard InChI is InChI=1S/C10H23NO4/c1-10(15-8-5-13)9-11(2)3-6-14-7-4-12/h10,12-13H,3-9H2,1-2H3. The molecule has 0 aliphatic rings. The van der Waals surface area contributed by atoms with Crippen LogP contribution in [0.4, 0.5) is 0 Å². The van der Waals surface area contributed by atoms with Crippen molar-refractivity contribution >= 4 is 0 Å². The Morgan fingerprint density at radius 1 is 1.13 bits per heavy atom. The van der Waals surface area contributed by atoms with E-state index in [0.717, 1.165) is 13.1 Å². The monoisotopic (exact) mass is 221 g/mol. The molecule has 0 aromatic carbocycles. The van der Waals surface area contributed by atoms with Crippen molar-refractivity contribution in [2.24, 2.45) is 0 Å². The number of hydrogen-bond acceptors (Lipinski definition) is 5. The maximum atomic E-state index is 8.57. The van der Waals surface area contributed by atoms with Crippen molar-refractivity contribution < 1.29 is 19.7 Å². The maximum Gasteiger partial charge on any atom is 0.0701 e. The molecule has 0 bridgehead atoms. The molecule has 0 aromatic heterocycles. The highest BCUT2D eigenvalue weighted by atomic mass is 16.5. The second kappa shape index (κ2) is 10.3. The van der Waals surface area contributed by atoms with Crippen LogP contribution in [0.15, 0.2) is 0 Å².